The second-order valence-electron chi connectivity index (χ2n) is 6.28. The monoisotopic (exact) mass is 284 g/mol. The highest BCUT2D eigenvalue weighted by Crippen LogP contribution is 2.18. The first-order chi connectivity index (χ1) is 9.49. The number of carbonyl (C=O) groups is 1. The number of morpholine rings is 1. The van der Waals surface area contributed by atoms with Gasteiger partial charge in [0.1, 0.15) is 0 Å². The number of hydrogen-bond acceptors (Lipinski definition) is 5. The first kappa shape index (κ1) is 15.7. The Kier molecular flexibility index (Phi) is 5.37. The lowest BCUT2D eigenvalue weighted by molar-refractivity contribution is -0.122. The average molecular weight is 284 g/mol. The number of amides is 1. The summed E-state index contributed by atoms with van der Waals surface area (Å²) in [6.07, 6.45) is 2.81. The fourth-order valence-corrected chi connectivity index (χ4v) is 3.05. The maximum absolute atomic E-state index is 11.2. The summed E-state index contributed by atoms with van der Waals surface area (Å²) in [5.41, 5.74) is 10.3. The van der Waals surface area contributed by atoms with Crippen molar-refractivity contribution in [1.29, 1.82) is 0 Å². The zero-order valence-electron chi connectivity index (χ0n) is 12.5. The number of hydrogen-bond donors (Lipinski definition) is 2. The van der Waals surface area contributed by atoms with E-state index < -0.39 is 11.4 Å². The summed E-state index contributed by atoms with van der Waals surface area (Å²) in [5.74, 6) is -0.412. The van der Waals surface area contributed by atoms with Crippen LogP contribution < -0.4 is 11.5 Å². The van der Waals surface area contributed by atoms with E-state index in [0.29, 0.717) is 12.5 Å². The van der Waals surface area contributed by atoms with Crippen molar-refractivity contribution in [3.05, 3.63) is 0 Å². The number of rotatable bonds is 6. The van der Waals surface area contributed by atoms with Gasteiger partial charge in [0.15, 0.2) is 0 Å². The van der Waals surface area contributed by atoms with Crippen molar-refractivity contribution < 1.29 is 9.53 Å². The van der Waals surface area contributed by atoms with Gasteiger partial charge in [-0.25, -0.2) is 0 Å². The highest BCUT2D eigenvalue weighted by molar-refractivity contribution is 5.83. The van der Waals surface area contributed by atoms with Gasteiger partial charge in [-0.05, 0) is 39.3 Å². The van der Waals surface area contributed by atoms with Crippen LogP contribution in [0.4, 0.5) is 0 Å². The lowest BCUT2D eigenvalue weighted by Crippen LogP contribution is -2.49. The summed E-state index contributed by atoms with van der Waals surface area (Å²) in [6.45, 7) is 8.82. The molecular weight excluding hydrogens is 256 g/mol. The highest BCUT2D eigenvalue weighted by Gasteiger charge is 2.29. The molecule has 0 bridgehead atoms. The Bertz CT molecular complexity index is 329. The molecule has 2 atom stereocenters. The topological polar surface area (TPSA) is 84.8 Å². The Hall–Kier alpha value is -0.690. The number of ether oxygens (including phenoxy) is 1. The Morgan fingerprint density at radius 2 is 2.05 bits per heavy atom. The highest BCUT2D eigenvalue weighted by atomic mass is 16.5. The maximum atomic E-state index is 11.2. The lowest BCUT2D eigenvalue weighted by Gasteiger charge is -2.32. The number of likely N-dealkylation sites (tertiary alicyclic amines) is 1. The lowest BCUT2D eigenvalue weighted by atomic mass is 9.96. The molecule has 2 rings (SSSR count). The van der Waals surface area contributed by atoms with E-state index in [2.05, 4.69) is 9.80 Å². The van der Waals surface area contributed by atoms with E-state index in [0.717, 1.165) is 52.4 Å². The Morgan fingerprint density at radius 3 is 2.70 bits per heavy atom. The fraction of sp³-hybridized carbons (Fsp3) is 0.929. The Labute approximate surface area is 121 Å². The molecule has 2 heterocycles. The summed E-state index contributed by atoms with van der Waals surface area (Å²) in [7, 11) is 0. The quantitative estimate of drug-likeness (QED) is 0.679. The molecule has 0 radical (unpaired) electrons. The van der Waals surface area contributed by atoms with E-state index in [4.69, 9.17) is 16.2 Å². The number of carbonyl (C=O) groups excluding carboxylic acids is 1. The van der Waals surface area contributed by atoms with E-state index in [9.17, 15) is 4.79 Å². The Balaban J connectivity index is 1.67. The van der Waals surface area contributed by atoms with Crippen LogP contribution in [0.15, 0.2) is 0 Å². The zero-order chi connectivity index (χ0) is 14.6. The molecule has 0 aromatic rings. The van der Waals surface area contributed by atoms with E-state index in [-0.39, 0.29) is 0 Å². The van der Waals surface area contributed by atoms with Crippen molar-refractivity contribution in [1.82, 2.24) is 9.80 Å². The van der Waals surface area contributed by atoms with Crippen LogP contribution in [0, 0.1) is 0 Å². The van der Waals surface area contributed by atoms with Crippen LogP contribution in [0.25, 0.3) is 0 Å². The van der Waals surface area contributed by atoms with Crippen molar-refractivity contribution in [3.63, 3.8) is 0 Å². The Morgan fingerprint density at radius 1 is 1.35 bits per heavy atom. The largest absolute Gasteiger partial charge is 0.379 e. The van der Waals surface area contributed by atoms with Gasteiger partial charge in [0.2, 0.25) is 5.91 Å². The molecule has 2 fully saturated rings. The molecule has 6 nitrogen and oxygen atoms in total. The molecule has 0 aliphatic carbocycles. The maximum Gasteiger partial charge on any atom is 0.237 e. The third-order valence-corrected chi connectivity index (χ3v) is 4.54. The minimum Gasteiger partial charge on any atom is -0.379 e. The molecule has 0 aromatic heterocycles. The van der Waals surface area contributed by atoms with Gasteiger partial charge in [0, 0.05) is 25.7 Å². The van der Waals surface area contributed by atoms with Crippen LogP contribution in [0.1, 0.15) is 26.2 Å². The molecule has 1 amide bonds. The van der Waals surface area contributed by atoms with Crippen molar-refractivity contribution in [2.75, 3.05) is 45.9 Å². The molecule has 0 saturated carbocycles. The molecule has 2 saturated heterocycles. The predicted octanol–water partition coefficient (Wildman–Crippen LogP) is -0.624. The standard InChI is InChI=1S/C14H28N4O2/c1-14(16,13(15)19)4-2-5-17-6-3-12(11-17)18-7-9-20-10-8-18/h12H,2-11,16H2,1H3,(H2,15,19). The average Bonchev–Trinajstić information content (AvgIpc) is 2.88. The van der Waals surface area contributed by atoms with E-state index in [1.807, 2.05) is 0 Å². The summed E-state index contributed by atoms with van der Waals surface area (Å²) in [4.78, 5) is 16.2. The molecular formula is C14H28N4O2. The molecule has 2 aliphatic heterocycles. The van der Waals surface area contributed by atoms with Crippen LogP contribution in [0.5, 0.6) is 0 Å². The first-order valence-corrected chi connectivity index (χ1v) is 7.62. The molecule has 0 spiro atoms. The number of primary amides is 1. The van der Waals surface area contributed by atoms with Gasteiger partial charge in [-0.1, -0.05) is 0 Å². The van der Waals surface area contributed by atoms with Crippen LogP contribution in [0.2, 0.25) is 0 Å². The first-order valence-electron chi connectivity index (χ1n) is 7.62. The van der Waals surface area contributed by atoms with Gasteiger partial charge in [0.25, 0.3) is 0 Å². The van der Waals surface area contributed by atoms with Crippen LogP contribution in [-0.2, 0) is 9.53 Å². The van der Waals surface area contributed by atoms with Gasteiger partial charge in [0.05, 0.1) is 18.8 Å². The molecule has 6 heteroatoms. The summed E-state index contributed by atoms with van der Waals surface area (Å²) in [5, 5.41) is 0. The summed E-state index contributed by atoms with van der Waals surface area (Å²) < 4.78 is 5.40. The third kappa shape index (κ3) is 4.15. The van der Waals surface area contributed by atoms with Crippen LogP contribution in [0.3, 0.4) is 0 Å². The van der Waals surface area contributed by atoms with Crippen molar-refractivity contribution in [2.45, 2.75) is 37.8 Å². The molecule has 0 aromatic carbocycles. The SMILES string of the molecule is CC(N)(CCCN1CCC(N2CCOCC2)C1)C(N)=O. The summed E-state index contributed by atoms with van der Waals surface area (Å²) >= 11 is 0. The zero-order valence-corrected chi connectivity index (χ0v) is 12.5. The minimum absolute atomic E-state index is 0.412. The van der Waals surface area contributed by atoms with E-state index in [1.54, 1.807) is 6.92 Å². The molecule has 2 aliphatic rings. The molecule has 20 heavy (non-hydrogen) atoms. The van der Waals surface area contributed by atoms with Gasteiger partial charge in [-0.2, -0.15) is 0 Å². The van der Waals surface area contributed by atoms with Gasteiger partial charge >= 0.3 is 0 Å². The molecule has 116 valence electrons. The second-order valence-corrected chi connectivity index (χ2v) is 6.28. The van der Waals surface area contributed by atoms with Gasteiger partial charge in [-0.15, -0.1) is 0 Å². The summed E-state index contributed by atoms with van der Waals surface area (Å²) in [6, 6.07) is 0.666. The van der Waals surface area contributed by atoms with E-state index in [1.165, 1.54) is 6.42 Å². The van der Waals surface area contributed by atoms with Gasteiger partial charge < -0.3 is 21.1 Å². The van der Waals surface area contributed by atoms with Crippen LogP contribution in [-0.4, -0.2) is 73.2 Å². The molecule has 4 N–H and O–H groups in total. The minimum atomic E-state index is -0.872. The normalized spacial score (nSPS) is 28.4. The second kappa shape index (κ2) is 6.85. The van der Waals surface area contributed by atoms with Crippen molar-refractivity contribution in [3.8, 4) is 0 Å². The number of nitrogens with two attached hydrogens (primary N) is 2. The van der Waals surface area contributed by atoms with E-state index >= 15 is 0 Å². The fourth-order valence-electron chi connectivity index (χ4n) is 3.05. The molecule has 2 unspecified atom stereocenters. The van der Waals surface area contributed by atoms with Crippen molar-refractivity contribution in [2.24, 2.45) is 11.5 Å². The smallest absolute Gasteiger partial charge is 0.237 e. The van der Waals surface area contributed by atoms with Gasteiger partial charge in [-0.3, -0.25) is 9.69 Å². The number of nitrogens with zero attached hydrogens (tertiary/aromatic N) is 2. The predicted molar refractivity (Wildman–Crippen MR) is 78.3 cm³/mol. The van der Waals surface area contributed by atoms with Crippen molar-refractivity contribution >= 4 is 5.91 Å². The van der Waals surface area contributed by atoms with Crippen LogP contribution >= 0.6 is 0 Å². The third-order valence-electron chi connectivity index (χ3n) is 4.54.